The molecule has 0 saturated heterocycles. The Balaban J connectivity index is 2.47. The molecule has 2 aromatic rings. The van der Waals surface area contributed by atoms with Crippen LogP contribution in [0.5, 0.6) is 11.5 Å². The van der Waals surface area contributed by atoms with Crippen LogP contribution in [0.4, 0.5) is 5.82 Å². The lowest BCUT2D eigenvalue weighted by Crippen LogP contribution is -2.00. The highest BCUT2D eigenvalue weighted by molar-refractivity contribution is 5.70. The van der Waals surface area contributed by atoms with Crippen molar-refractivity contribution in [3.63, 3.8) is 0 Å². The number of aromatic nitrogens is 2. The van der Waals surface area contributed by atoms with Crippen LogP contribution in [0.2, 0.25) is 0 Å². The predicted molar refractivity (Wildman–Crippen MR) is 74.7 cm³/mol. The summed E-state index contributed by atoms with van der Waals surface area (Å²) < 4.78 is 10.6. The predicted octanol–water partition coefficient (Wildman–Crippen LogP) is 2.59. The summed E-state index contributed by atoms with van der Waals surface area (Å²) in [4.78, 5) is 8.45. The van der Waals surface area contributed by atoms with Crippen LogP contribution in [0.15, 0.2) is 30.6 Å². The molecule has 1 N–H and O–H groups in total. The fourth-order valence-electron chi connectivity index (χ4n) is 1.80. The number of hydrogen-bond donors (Lipinski definition) is 1. The molecule has 5 heteroatoms. The molecule has 1 aromatic heterocycles. The minimum Gasteiger partial charge on any atom is -0.497 e. The van der Waals surface area contributed by atoms with Crippen molar-refractivity contribution >= 4 is 5.82 Å². The molecule has 19 heavy (non-hydrogen) atoms. The summed E-state index contributed by atoms with van der Waals surface area (Å²) in [5.74, 6) is 2.30. The van der Waals surface area contributed by atoms with Crippen LogP contribution < -0.4 is 14.8 Å². The van der Waals surface area contributed by atoms with Gasteiger partial charge in [0.25, 0.3) is 0 Å². The van der Waals surface area contributed by atoms with Crippen molar-refractivity contribution in [1.82, 2.24) is 9.97 Å². The second-order valence-electron chi connectivity index (χ2n) is 3.89. The average Bonchev–Trinajstić information content (AvgIpc) is 2.47. The van der Waals surface area contributed by atoms with Gasteiger partial charge in [-0.05, 0) is 25.1 Å². The molecular weight excluding hydrogens is 242 g/mol. The van der Waals surface area contributed by atoms with Crippen molar-refractivity contribution in [1.29, 1.82) is 0 Å². The maximum Gasteiger partial charge on any atom is 0.129 e. The van der Waals surface area contributed by atoms with Gasteiger partial charge in [0.2, 0.25) is 0 Å². The topological polar surface area (TPSA) is 56.3 Å². The summed E-state index contributed by atoms with van der Waals surface area (Å²) in [7, 11) is 3.27. The molecule has 5 nitrogen and oxygen atoms in total. The first kappa shape index (κ1) is 13.1. The molecule has 1 aromatic carbocycles. The minimum absolute atomic E-state index is 0.752. The lowest BCUT2D eigenvalue weighted by atomic mass is 10.1. The van der Waals surface area contributed by atoms with Crippen molar-refractivity contribution in [2.24, 2.45) is 0 Å². The average molecular weight is 259 g/mol. The number of ether oxygens (including phenoxy) is 2. The zero-order chi connectivity index (χ0) is 13.7. The van der Waals surface area contributed by atoms with Crippen LogP contribution in [0.3, 0.4) is 0 Å². The normalized spacial score (nSPS) is 10.1. The Morgan fingerprint density at radius 3 is 2.63 bits per heavy atom. The van der Waals surface area contributed by atoms with E-state index in [4.69, 9.17) is 9.47 Å². The Hall–Kier alpha value is -2.30. The van der Waals surface area contributed by atoms with E-state index in [1.165, 1.54) is 6.33 Å². The molecule has 0 fully saturated rings. The molecule has 0 saturated carbocycles. The fourth-order valence-corrected chi connectivity index (χ4v) is 1.80. The molecule has 0 unspecified atom stereocenters. The number of rotatable bonds is 5. The van der Waals surface area contributed by atoms with Crippen LogP contribution in [0.25, 0.3) is 11.3 Å². The Labute approximate surface area is 112 Å². The second-order valence-corrected chi connectivity index (χ2v) is 3.89. The van der Waals surface area contributed by atoms with Gasteiger partial charge < -0.3 is 14.8 Å². The van der Waals surface area contributed by atoms with Gasteiger partial charge in [0, 0.05) is 18.2 Å². The Morgan fingerprint density at radius 2 is 1.95 bits per heavy atom. The Morgan fingerprint density at radius 1 is 1.11 bits per heavy atom. The molecule has 0 aliphatic heterocycles. The molecular formula is C14H17N3O2. The molecule has 1 heterocycles. The van der Waals surface area contributed by atoms with E-state index >= 15 is 0 Å². The standard InChI is InChI=1S/C14H17N3O2/c1-4-15-14-8-12(16-9-17-14)11-7-10(18-2)5-6-13(11)19-3/h5-9H,4H2,1-3H3,(H,15,16,17). The molecule has 2 rings (SSSR count). The molecule has 0 radical (unpaired) electrons. The van der Waals surface area contributed by atoms with Gasteiger partial charge in [-0.1, -0.05) is 0 Å². The fraction of sp³-hybridized carbons (Fsp3) is 0.286. The number of anilines is 1. The number of methoxy groups -OCH3 is 2. The van der Waals surface area contributed by atoms with Crippen LogP contribution in [0.1, 0.15) is 6.92 Å². The largest absolute Gasteiger partial charge is 0.497 e. The first-order chi connectivity index (χ1) is 9.28. The summed E-state index contributed by atoms with van der Waals surface area (Å²) in [6.07, 6.45) is 1.53. The van der Waals surface area contributed by atoms with Gasteiger partial charge in [-0.25, -0.2) is 9.97 Å². The molecule has 0 aliphatic carbocycles. The summed E-state index contributed by atoms with van der Waals surface area (Å²) >= 11 is 0. The third-order valence-corrected chi connectivity index (χ3v) is 2.71. The quantitative estimate of drug-likeness (QED) is 0.894. The van der Waals surface area contributed by atoms with Gasteiger partial charge in [-0.2, -0.15) is 0 Å². The number of hydrogen-bond acceptors (Lipinski definition) is 5. The maximum absolute atomic E-state index is 5.36. The third kappa shape index (κ3) is 2.93. The third-order valence-electron chi connectivity index (χ3n) is 2.71. The van der Waals surface area contributed by atoms with Gasteiger partial charge in [0.15, 0.2) is 0 Å². The van der Waals surface area contributed by atoms with E-state index in [1.54, 1.807) is 14.2 Å². The molecule has 0 amide bonds. The molecule has 0 spiro atoms. The van der Waals surface area contributed by atoms with E-state index in [0.29, 0.717) is 0 Å². The Kier molecular flexibility index (Phi) is 4.18. The first-order valence-electron chi connectivity index (χ1n) is 6.06. The highest BCUT2D eigenvalue weighted by Crippen LogP contribution is 2.32. The highest BCUT2D eigenvalue weighted by Gasteiger charge is 2.09. The van der Waals surface area contributed by atoms with Gasteiger partial charge in [-0.15, -0.1) is 0 Å². The van der Waals surface area contributed by atoms with Gasteiger partial charge >= 0.3 is 0 Å². The Bertz CT molecular complexity index is 558. The van der Waals surface area contributed by atoms with Gasteiger partial charge in [-0.3, -0.25) is 0 Å². The second kappa shape index (κ2) is 6.04. The highest BCUT2D eigenvalue weighted by atomic mass is 16.5. The van der Waals surface area contributed by atoms with Crippen LogP contribution in [-0.2, 0) is 0 Å². The number of benzene rings is 1. The van der Waals surface area contributed by atoms with Crippen LogP contribution in [-0.4, -0.2) is 30.7 Å². The summed E-state index contributed by atoms with van der Waals surface area (Å²) in [6, 6.07) is 7.51. The van der Waals surface area contributed by atoms with Crippen LogP contribution >= 0.6 is 0 Å². The monoisotopic (exact) mass is 259 g/mol. The molecule has 100 valence electrons. The number of nitrogens with zero attached hydrogens (tertiary/aromatic N) is 2. The molecule has 0 atom stereocenters. The van der Waals surface area contributed by atoms with Crippen molar-refractivity contribution in [3.05, 3.63) is 30.6 Å². The van der Waals surface area contributed by atoms with Crippen LogP contribution in [0, 0.1) is 0 Å². The summed E-state index contributed by atoms with van der Waals surface area (Å²) in [5, 5.41) is 3.16. The van der Waals surface area contributed by atoms with E-state index in [9.17, 15) is 0 Å². The van der Waals surface area contributed by atoms with Gasteiger partial charge in [0.1, 0.15) is 23.6 Å². The summed E-state index contributed by atoms with van der Waals surface area (Å²) in [5.41, 5.74) is 1.67. The first-order valence-corrected chi connectivity index (χ1v) is 6.06. The van der Waals surface area contributed by atoms with Gasteiger partial charge in [0.05, 0.1) is 19.9 Å². The zero-order valence-electron chi connectivity index (χ0n) is 11.3. The van der Waals surface area contributed by atoms with E-state index < -0.39 is 0 Å². The lowest BCUT2D eigenvalue weighted by molar-refractivity contribution is 0.404. The lowest BCUT2D eigenvalue weighted by Gasteiger charge is -2.10. The van der Waals surface area contributed by atoms with E-state index in [0.717, 1.165) is 35.1 Å². The zero-order valence-corrected chi connectivity index (χ0v) is 11.3. The maximum atomic E-state index is 5.36. The minimum atomic E-state index is 0.752. The van der Waals surface area contributed by atoms with E-state index in [2.05, 4.69) is 15.3 Å². The van der Waals surface area contributed by atoms with E-state index in [-0.39, 0.29) is 0 Å². The van der Waals surface area contributed by atoms with Crippen molar-refractivity contribution < 1.29 is 9.47 Å². The van der Waals surface area contributed by atoms with E-state index in [1.807, 2.05) is 31.2 Å². The molecule has 0 bridgehead atoms. The van der Waals surface area contributed by atoms with Crippen molar-refractivity contribution in [3.8, 4) is 22.8 Å². The van der Waals surface area contributed by atoms with Crippen molar-refractivity contribution in [2.75, 3.05) is 26.1 Å². The smallest absolute Gasteiger partial charge is 0.129 e. The molecule has 0 aliphatic rings. The number of nitrogens with one attached hydrogen (secondary N) is 1. The summed E-state index contributed by atoms with van der Waals surface area (Å²) in [6.45, 7) is 2.83. The SMILES string of the molecule is CCNc1cc(-c2cc(OC)ccc2OC)ncn1. The van der Waals surface area contributed by atoms with Crippen molar-refractivity contribution in [2.45, 2.75) is 6.92 Å².